The summed E-state index contributed by atoms with van der Waals surface area (Å²) in [5.74, 6) is 1.26. The summed E-state index contributed by atoms with van der Waals surface area (Å²) in [6, 6.07) is 11.7. The van der Waals surface area contributed by atoms with E-state index in [9.17, 15) is 10.2 Å². The first kappa shape index (κ1) is 21.7. The third kappa shape index (κ3) is 4.27. The van der Waals surface area contributed by atoms with Crippen molar-refractivity contribution in [2.75, 3.05) is 23.9 Å². The molecule has 5 rings (SSSR count). The molecule has 4 aromatic rings. The average Bonchev–Trinajstić information content (AvgIpc) is 3.41. The summed E-state index contributed by atoms with van der Waals surface area (Å²) in [4.78, 5) is 20.6. The molecule has 9 heteroatoms. The van der Waals surface area contributed by atoms with Crippen molar-refractivity contribution in [1.29, 1.82) is 0 Å². The number of hydrogen-bond donors (Lipinski definition) is 3. The van der Waals surface area contributed by atoms with Crippen molar-refractivity contribution in [3.05, 3.63) is 54.5 Å². The highest BCUT2D eigenvalue weighted by molar-refractivity contribution is 7.21. The van der Waals surface area contributed by atoms with Gasteiger partial charge in [0.2, 0.25) is 5.95 Å². The van der Waals surface area contributed by atoms with Crippen LogP contribution in [0.2, 0.25) is 0 Å². The Kier molecular flexibility index (Phi) is 5.92. The fourth-order valence-corrected chi connectivity index (χ4v) is 5.35. The molecule has 3 atom stereocenters. The number of benzene rings is 1. The van der Waals surface area contributed by atoms with Gasteiger partial charge in [-0.05, 0) is 43.9 Å². The molecule has 1 fully saturated rings. The topological polar surface area (TPSA) is 107 Å². The molecular weight excluding hydrogens is 436 g/mol. The molecule has 0 saturated heterocycles. The molecule has 3 heterocycles. The van der Waals surface area contributed by atoms with E-state index >= 15 is 0 Å². The maximum Gasteiger partial charge on any atom is 0.231 e. The molecule has 8 nitrogen and oxygen atoms in total. The van der Waals surface area contributed by atoms with E-state index in [-0.39, 0.29) is 18.6 Å². The van der Waals surface area contributed by atoms with Gasteiger partial charge in [0.1, 0.15) is 16.3 Å². The van der Waals surface area contributed by atoms with Crippen molar-refractivity contribution in [1.82, 2.24) is 19.9 Å². The average molecular weight is 463 g/mol. The van der Waals surface area contributed by atoms with E-state index < -0.39 is 6.10 Å². The Morgan fingerprint density at radius 3 is 2.67 bits per heavy atom. The molecule has 33 heavy (non-hydrogen) atoms. The van der Waals surface area contributed by atoms with Gasteiger partial charge in [-0.2, -0.15) is 4.98 Å². The Hall–Kier alpha value is -3.14. The maximum absolute atomic E-state index is 10.6. The van der Waals surface area contributed by atoms with Crippen molar-refractivity contribution in [2.45, 2.75) is 31.9 Å². The van der Waals surface area contributed by atoms with Gasteiger partial charge < -0.3 is 20.4 Å². The number of nitrogens with one attached hydrogen (secondary N) is 1. The van der Waals surface area contributed by atoms with Crippen LogP contribution >= 0.6 is 11.3 Å². The van der Waals surface area contributed by atoms with E-state index in [1.165, 1.54) is 0 Å². The zero-order valence-electron chi connectivity index (χ0n) is 18.5. The molecular formula is C24H26N6O2S. The number of para-hydroxylation sites is 1. The van der Waals surface area contributed by atoms with Gasteiger partial charge in [-0.1, -0.05) is 18.2 Å². The Labute approximate surface area is 196 Å². The second-order valence-electron chi connectivity index (χ2n) is 8.43. The van der Waals surface area contributed by atoms with Gasteiger partial charge in [-0.25, -0.2) is 9.97 Å². The summed E-state index contributed by atoms with van der Waals surface area (Å²) in [7, 11) is 1.93. The van der Waals surface area contributed by atoms with Crippen molar-refractivity contribution in [3.63, 3.8) is 0 Å². The number of fused-ring (bicyclic) bond motifs is 1. The van der Waals surface area contributed by atoms with Crippen LogP contribution in [0.4, 0.5) is 17.5 Å². The minimum absolute atomic E-state index is 0.0672. The molecule has 1 aliphatic carbocycles. The van der Waals surface area contributed by atoms with Crippen LogP contribution in [0.5, 0.6) is 0 Å². The molecule has 0 amide bonds. The van der Waals surface area contributed by atoms with Crippen LogP contribution in [0.3, 0.4) is 0 Å². The number of aryl methyl sites for hydroxylation is 1. The number of nitrogens with zero attached hydrogens (tertiary/aromatic N) is 5. The molecule has 3 aromatic heterocycles. The molecule has 170 valence electrons. The third-order valence-corrected chi connectivity index (χ3v) is 7.19. The maximum atomic E-state index is 10.6. The summed E-state index contributed by atoms with van der Waals surface area (Å²) in [5, 5.41) is 24.5. The van der Waals surface area contributed by atoms with Crippen LogP contribution in [-0.4, -0.2) is 55.9 Å². The molecule has 3 N–H and O–H groups in total. The van der Waals surface area contributed by atoms with Gasteiger partial charge in [-0.3, -0.25) is 4.98 Å². The second kappa shape index (κ2) is 9.01. The molecule has 1 saturated carbocycles. The van der Waals surface area contributed by atoms with E-state index in [0.717, 1.165) is 32.2 Å². The zero-order valence-corrected chi connectivity index (χ0v) is 19.3. The quantitative estimate of drug-likeness (QED) is 0.398. The number of anilines is 3. The summed E-state index contributed by atoms with van der Waals surface area (Å²) < 4.78 is 1.04. The van der Waals surface area contributed by atoms with Crippen LogP contribution in [0.15, 0.2) is 48.8 Å². The lowest BCUT2D eigenvalue weighted by Gasteiger charge is -2.23. The smallest absolute Gasteiger partial charge is 0.231 e. The molecule has 0 aliphatic heterocycles. The number of aromatic nitrogens is 4. The van der Waals surface area contributed by atoms with E-state index in [1.54, 1.807) is 23.7 Å². The Morgan fingerprint density at radius 2 is 1.94 bits per heavy atom. The lowest BCUT2D eigenvalue weighted by atomic mass is 10.1. The fraction of sp³-hybridized carbons (Fsp3) is 0.333. The highest BCUT2D eigenvalue weighted by atomic mass is 32.1. The fourth-order valence-electron chi connectivity index (χ4n) is 4.32. The Morgan fingerprint density at radius 1 is 1.12 bits per heavy atom. The first-order valence-corrected chi connectivity index (χ1v) is 11.8. The lowest BCUT2D eigenvalue weighted by Crippen LogP contribution is -2.29. The minimum atomic E-state index is -0.555. The van der Waals surface area contributed by atoms with E-state index in [4.69, 9.17) is 15.0 Å². The van der Waals surface area contributed by atoms with Crippen molar-refractivity contribution in [3.8, 4) is 10.6 Å². The van der Waals surface area contributed by atoms with Crippen molar-refractivity contribution < 1.29 is 10.2 Å². The van der Waals surface area contributed by atoms with Crippen LogP contribution < -0.4 is 10.2 Å². The summed E-state index contributed by atoms with van der Waals surface area (Å²) in [6.45, 7) is 2.02. The number of pyridine rings is 1. The third-order valence-electron chi connectivity index (χ3n) is 6.13. The monoisotopic (exact) mass is 462 g/mol. The Balaban J connectivity index is 1.59. The largest absolute Gasteiger partial charge is 0.396 e. The predicted molar refractivity (Wildman–Crippen MR) is 131 cm³/mol. The van der Waals surface area contributed by atoms with Gasteiger partial charge in [0.15, 0.2) is 0 Å². The van der Waals surface area contributed by atoms with E-state index in [2.05, 4.69) is 10.3 Å². The normalized spacial score (nSPS) is 20.3. The van der Waals surface area contributed by atoms with E-state index in [1.807, 2.05) is 55.3 Å². The number of hydrogen-bond acceptors (Lipinski definition) is 9. The molecule has 1 aliphatic rings. The second-order valence-corrected chi connectivity index (χ2v) is 9.46. The zero-order chi connectivity index (χ0) is 22.9. The van der Waals surface area contributed by atoms with Gasteiger partial charge in [-0.15, -0.1) is 11.3 Å². The standard InChI is InChI=1S/C24H26N6O2S/c1-14-21(23-28-18-12-25-9-8-20(18)33-23)22(27-17-10-15(13-31)11-19(17)32)29-24(26-14)30(2)16-6-4-3-5-7-16/h3-9,12,15,17,19,31-32H,10-11,13H2,1-2H3,(H,26,27,29)/t15-,17+,19+/m0/s1. The molecule has 0 spiro atoms. The highest BCUT2D eigenvalue weighted by Gasteiger charge is 2.34. The van der Waals surface area contributed by atoms with Crippen LogP contribution in [0.1, 0.15) is 18.5 Å². The summed E-state index contributed by atoms with van der Waals surface area (Å²) in [6.07, 6.45) is 4.20. The van der Waals surface area contributed by atoms with Crippen molar-refractivity contribution in [2.24, 2.45) is 5.92 Å². The molecule has 0 bridgehead atoms. The van der Waals surface area contributed by atoms with Gasteiger partial charge >= 0.3 is 0 Å². The van der Waals surface area contributed by atoms with Gasteiger partial charge in [0.25, 0.3) is 0 Å². The predicted octanol–water partition coefficient (Wildman–Crippen LogP) is 3.77. The lowest BCUT2D eigenvalue weighted by molar-refractivity contribution is 0.157. The molecule has 0 unspecified atom stereocenters. The first-order chi connectivity index (χ1) is 16.0. The van der Waals surface area contributed by atoms with Crippen LogP contribution in [0.25, 0.3) is 20.8 Å². The van der Waals surface area contributed by atoms with Crippen molar-refractivity contribution >= 4 is 39.0 Å². The van der Waals surface area contributed by atoms with E-state index in [0.29, 0.717) is 24.6 Å². The molecule has 1 aromatic carbocycles. The minimum Gasteiger partial charge on any atom is -0.396 e. The number of aliphatic hydroxyl groups excluding tert-OH is 2. The first-order valence-electron chi connectivity index (χ1n) is 11.0. The number of rotatable bonds is 6. The summed E-state index contributed by atoms with van der Waals surface area (Å²) in [5.41, 5.74) is 3.42. The highest BCUT2D eigenvalue weighted by Crippen LogP contribution is 2.38. The van der Waals surface area contributed by atoms with Crippen LogP contribution in [0, 0.1) is 12.8 Å². The SMILES string of the molecule is Cc1nc(N(C)c2ccccc2)nc(N[C@@H]2C[C@H](CO)C[C@H]2O)c1-c1nc2cnccc2s1. The number of aliphatic hydroxyl groups is 2. The Bertz CT molecular complexity index is 1230. The van der Waals surface area contributed by atoms with Gasteiger partial charge in [0.05, 0.1) is 34.3 Å². The van der Waals surface area contributed by atoms with Gasteiger partial charge in [0, 0.05) is 25.5 Å². The van der Waals surface area contributed by atoms with Crippen LogP contribution in [-0.2, 0) is 0 Å². The summed E-state index contributed by atoms with van der Waals surface area (Å²) >= 11 is 1.57. The number of thiazole rings is 1. The molecule has 0 radical (unpaired) electrons.